The van der Waals surface area contributed by atoms with Crippen LogP contribution in [-0.4, -0.2) is 30.2 Å². The number of nitrogens with zero attached hydrogens (tertiary/aromatic N) is 2. The van der Waals surface area contributed by atoms with E-state index in [0.717, 1.165) is 5.56 Å². The molecular weight excluding hydrogens is 450 g/mol. The highest BCUT2D eigenvalue weighted by molar-refractivity contribution is 9.10. The van der Waals surface area contributed by atoms with Gasteiger partial charge in [0.2, 0.25) is 0 Å². The molecule has 8 heteroatoms. The summed E-state index contributed by atoms with van der Waals surface area (Å²) in [5.74, 6) is -0.267. The molecule has 0 aliphatic rings. The predicted octanol–water partition coefficient (Wildman–Crippen LogP) is 4.14. The molecule has 3 rings (SSSR count). The number of carbonyl (C=O) groups excluding carboxylic acids is 2. The van der Waals surface area contributed by atoms with Gasteiger partial charge in [0.05, 0.1) is 23.4 Å². The van der Waals surface area contributed by atoms with Crippen molar-refractivity contribution in [2.45, 2.75) is 6.92 Å². The van der Waals surface area contributed by atoms with Crippen LogP contribution in [0.5, 0.6) is 11.5 Å². The van der Waals surface area contributed by atoms with E-state index in [1.165, 1.54) is 25.7 Å². The molecule has 1 heterocycles. The summed E-state index contributed by atoms with van der Waals surface area (Å²) in [6, 6.07) is 13.6. The van der Waals surface area contributed by atoms with Crippen LogP contribution in [0.1, 0.15) is 31.8 Å². The van der Waals surface area contributed by atoms with Gasteiger partial charge in [-0.05, 0) is 64.8 Å². The Morgan fingerprint density at radius 3 is 2.43 bits per heavy atom. The summed E-state index contributed by atoms with van der Waals surface area (Å²) >= 11 is 3.40. The van der Waals surface area contributed by atoms with Gasteiger partial charge in [-0.1, -0.05) is 17.7 Å². The third-order valence-corrected chi connectivity index (χ3v) is 4.65. The molecule has 0 spiro atoms. The van der Waals surface area contributed by atoms with Gasteiger partial charge >= 0.3 is 5.97 Å². The Labute approximate surface area is 181 Å². The lowest BCUT2D eigenvalue weighted by atomic mass is 10.1. The third kappa shape index (κ3) is 5.30. The second-order valence-electron chi connectivity index (χ2n) is 6.22. The first-order chi connectivity index (χ1) is 14.5. The second-order valence-corrected chi connectivity index (χ2v) is 7.08. The van der Waals surface area contributed by atoms with E-state index in [9.17, 15) is 9.59 Å². The summed E-state index contributed by atoms with van der Waals surface area (Å²) in [5.41, 5.74) is 4.99. The average Bonchev–Trinajstić information content (AvgIpc) is 2.76. The number of esters is 1. The first kappa shape index (κ1) is 21.2. The van der Waals surface area contributed by atoms with E-state index < -0.39 is 5.97 Å². The number of nitrogens with one attached hydrogen (secondary N) is 1. The molecule has 152 valence electrons. The average molecular weight is 468 g/mol. The molecule has 7 nitrogen and oxygen atoms in total. The first-order valence-corrected chi connectivity index (χ1v) is 9.67. The Morgan fingerprint density at radius 1 is 1.07 bits per heavy atom. The third-order valence-electron chi connectivity index (χ3n) is 4.06. The number of amides is 1. The van der Waals surface area contributed by atoms with Crippen LogP contribution in [0.3, 0.4) is 0 Å². The highest BCUT2D eigenvalue weighted by Crippen LogP contribution is 2.36. The second kappa shape index (κ2) is 9.80. The van der Waals surface area contributed by atoms with Crippen molar-refractivity contribution in [3.63, 3.8) is 0 Å². The summed E-state index contributed by atoms with van der Waals surface area (Å²) < 4.78 is 11.4. The molecule has 0 saturated carbocycles. The number of methoxy groups -OCH3 is 1. The van der Waals surface area contributed by atoms with Gasteiger partial charge in [0.25, 0.3) is 5.91 Å². The number of aryl methyl sites for hydroxylation is 1. The van der Waals surface area contributed by atoms with E-state index in [0.29, 0.717) is 26.9 Å². The van der Waals surface area contributed by atoms with Crippen LogP contribution in [0.25, 0.3) is 0 Å². The van der Waals surface area contributed by atoms with Crippen molar-refractivity contribution in [2.24, 2.45) is 5.10 Å². The van der Waals surface area contributed by atoms with E-state index in [2.05, 4.69) is 31.4 Å². The van der Waals surface area contributed by atoms with Crippen LogP contribution in [0, 0.1) is 6.92 Å². The molecule has 0 unspecified atom stereocenters. The number of carbonyl (C=O) groups is 2. The fourth-order valence-electron chi connectivity index (χ4n) is 2.49. The van der Waals surface area contributed by atoms with Gasteiger partial charge in [-0.15, -0.1) is 0 Å². The van der Waals surface area contributed by atoms with Gasteiger partial charge in [0, 0.05) is 18.0 Å². The molecule has 0 radical (unpaired) electrons. The Bertz CT molecular complexity index is 1080. The summed E-state index contributed by atoms with van der Waals surface area (Å²) in [6.45, 7) is 1.94. The lowest BCUT2D eigenvalue weighted by Crippen LogP contribution is -2.17. The highest BCUT2D eigenvalue weighted by atomic mass is 79.9. The zero-order valence-electron chi connectivity index (χ0n) is 16.3. The van der Waals surface area contributed by atoms with Crippen molar-refractivity contribution in [2.75, 3.05) is 7.11 Å². The van der Waals surface area contributed by atoms with Crippen molar-refractivity contribution in [1.82, 2.24) is 10.4 Å². The molecule has 1 N–H and O–H groups in total. The van der Waals surface area contributed by atoms with Crippen LogP contribution >= 0.6 is 15.9 Å². The quantitative estimate of drug-likeness (QED) is 0.254. The summed E-state index contributed by atoms with van der Waals surface area (Å²) in [6.07, 6.45) is 4.51. The van der Waals surface area contributed by atoms with Crippen molar-refractivity contribution in [3.05, 3.63) is 87.7 Å². The minimum Gasteiger partial charge on any atom is -0.493 e. The van der Waals surface area contributed by atoms with Gasteiger partial charge in [-0.3, -0.25) is 9.78 Å². The van der Waals surface area contributed by atoms with E-state index in [1.54, 1.807) is 36.4 Å². The van der Waals surface area contributed by atoms with E-state index in [1.807, 2.05) is 19.1 Å². The van der Waals surface area contributed by atoms with E-state index in [4.69, 9.17) is 9.47 Å². The van der Waals surface area contributed by atoms with Crippen LogP contribution in [0.4, 0.5) is 0 Å². The fraction of sp³-hybridized carbons (Fsp3) is 0.0909. The molecule has 2 aromatic carbocycles. The zero-order chi connectivity index (χ0) is 21.5. The number of hydrogen-bond acceptors (Lipinski definition) is 6. The molecule has 0 aliphatic carbocycles. The molecule has 0 aliphatic heterocycles. The zero-order valence-corrected chi connectivity index (χ0v) is 17.8. The molecule has 0 atom stereocenters. The summed E-state index contributed by atoms with van der Waals surface area (Å²) in [4.78, 5) is 28.3. The highest BCUT2D eigenvalue weighted by Gasteiger charge is 2.16. The van der Waals surface area contributed by atoms with Crippen LogP contribution in [0.2, 0.25) is 0 Å². The van der Waals surface area contributed by atoms with Gasteiger partial charge in [-0.25, -0.2) is 10.2 Å². The molecule has 1 amide bonds. The fourth-order valence-corrected chi connectivity index (χ4v) is 3.03. The number of halogens is 1. The maximum Gasteiger partial charge on any atom is 0.343 e. The van der Waals surface area contributed by atoms with Crippen molar-refractivity contribution >= 4 is 34.0 Å². The number of benzene rings is 2. The molecule has 0 bridgehead atoms. The van der Waals surface area contributed by atoms with Crippen molar-refractivity contribution in [1.29, 1.82) is 0 Å². The number of hydrogen-bond donors (Lipinski definition) is 1. The smallest absolute Gasteiger partial charge is 0.343 e. The Balaban J connectivity index is 1.74. The molecule has 0 fully saturated rings. The monoisotopic (exact) mass is 467 g/mol. The van der Waals surface area contributed by atoms with Gasteiger partial charge in [-0.2, -0.15) is 5.10 Å². The largest absolute Gasteiger partial charge is 0.493 e. The Kier molecular flexibility index (Phi) is 6.92. The number of rotatable bonds is 6. The lowest BCUT2D eigenvalue weighted by Gasteiger charge is -2.12. The Hall–Kier alpha value is -3.52. The topological polar surface area (TPSA) is 89.9 Å². The molecule has 30 heavy (non-hydrogen) atoms. The Morgan fingerprint density at radius 2 is 1.77 bits per heavy atom. The van der Waals surface area contributed by atoms with Crippen molar-refractivity contribution in [3.8, 4) is 11.5 Å². The van der Waals surface area contributed by atoms with E-state index >= 15 is 0 Å². The van der Waals surface area contributed by atoms with Gasteiger partial charge in [0.15, 0.2) is 11.5 Å². The lowest BCUT2D eigenvalue weighted by molar-refractivity contribution is 0.0728. The van der Waals surface area contributed by atoms with Crippen LogP contribution in [0.15, 0.2) is 70.5 Å². The first-order valence-electron chi connectivity index (χ1n) is 8.87. The van der Waals surface area contributed by atoms with E-state index in [-0.39, 0.29) is 11.7 Å². The standard InChI is InChI=1S/C22H18BrN3O4/c1-14-3-5-17(6-4-14)22(28)30-20-18(23)11-15(12-19(20)29-2)13-25-26-21(27)16-7-9-24-10-8-16/h3-13H,1-2H3,(H,26,27)/b25-13-. The number of aromatic nitrogens is 1. The minimum atomic E-state index is -0.500. The molecule has 0 saturated heterocycles. The van der Waals surface area contributed by atoms with Gasteiger partial charge in [0.1, 0.15) is 0 Å². The predicted molar refractivity (Wildman–Crippen MR) is 116 cm³/mol. The number of pyridine rings is 1. The van der Waals surface area contributed by atoms with Crippen LogP contribution < -0.4 is 14.9 Å². The minimum absolute atomic E-state index is 0.251. The maximum absolute atomic E-state index is 12.4. The molecular formula is C22H18BrN3O4. The normalized spacial score (nSPS) is 10.6. The van der Waals surface area contributed by atoms with Crippen LogP contribution in [-0.2, 0) is 0 Å². The van der Waals surface area contributed by atoms with Gasteiger partial charge < -0.3 is 9.47 Å². The molecule has 1 aromatic heterocycles. The molecule has 3 aromatic rings. The number of ether oxygens (including phenoxy) is 2. The summed E-state index contributed by atoms with van der Waals surface area (Å²) in [7, 11) is 1.47. The SMILES string of the molecule is COc1cc(/C=N\NC(=O)c2ccncc2)cc(Br)c1OC(=O)c1ccc(C)cc1. The maximum atomic E-state index is 12.4. The van der Waals surface area contributed by atoms with Crippen molar-refractivity contribution < 1.29 is 19.1 Å². The summed E-state index contributed by atoms with van der Waals surface area (Å²) in [5, 5.41) is 3.95. The number of hydrazone groups is 1.